The maximum Gasteiger partial charge on any atom is 0.148 e. The second kappa shape index (κ2) is 6.13. The molecule has 122 valence electrons. The number of aliphatic hydroxyl groups is 1. The van der Waals surface area contributed by atoms with E-state index in [0.29, 0.717) is 19.6 Å². The number of para-hydroxylation sites is 1. The number of pyridine rings is 1. The number of benzene rings is 2. The van der Waals surface area contributed by atoms with Crippen LogP contribution in [0.25, 0.3) is 10.9 Å². The minimum absolute atomic E-state index is 0.439. The zero-order chi connectivity index (χ0) is 16.5. The predicted octanol–water partition coefficient (Wildman–Crippen LogP) is 3.97. The molecule has 1 aromatic heterocycles. The van der Waals surface area contributed by atoms with Gasteiger partial charge in [-0.25, -0.2) is 0 Å². The average molecular weight is 320 g/mol. The first-order valence-corrected chi connectivity index (χ1v) is 8.24. The van der Waals surface area contributed by atoms with E-state index < -0.39 is 6.10 Å². The van der Waals surface area contributed by atoms with Gasteiger partial charge in [-0.3, -0.25) is 4.98 Å². The molecule has 3 aromatic rings. The molecule has 0 aliphatic carbocycles. The monoisotopic (exact) mass is 320 g/mol. The van der Waals surface area contributed by atoms with E-state index in [1.807, 2.05) is 31.2 Å². The summed E-state index contributed by atoms with van der Waals surface area (Å²) in [7, 11) is 0. The molecule has 1 aliphatic heterocycles. The van der Waals surface area contributed by atoms with Gasteiger partial charge in [-0.1, -0.05) is 24.3 Å². The first kappa shape index (κ1) is 15.0. The summed E-state index contributed by atoms with van der Waals surface area (Å²) in [6.07, 6.45) is 0.207. The smallest absolute Gasteiger partial charge is 0.148 e. The van der Waals surface area contributed by atoms with Crippen molar-refractivity contribution in [3.05, 3.63) is 65.4 Å². The summed E-state index contributed by atoms with van der Waals surface area (Å²) < 4.78 is 5.76. The van der Waals surface area contributed by atoms with Gasteiger partial charge in [0.15, 0.2) is 0 Å². The number of nitrogens with zero attached hydrogens (tertiary/aromatic N) is 1. The highest BCUT2D eigenvalue weighted by molar-refractivity contribution is 5.79. The Kier molecular flexibility index (Phi) is 3.82. The van der Waals surface area contributed by atoms with Crippen LogP contribution in [0.4, 0.5) is 5.69 Å². The molecule has 4 rings (SSSR count). The lowest BCUT2D eigenvalue weighted by Crippen LogP contribution is -2.15. The zero-order valence-corrected chi connectivity index (χ0v) is 13.6. The molecule has 2 aromatic carbocycles. The molecule has 0 radical (unpaired) electrons. The number of rotatable bonds is 3. The molecule has 24 heavy (non-hydrogen) atoms. The van der Waals surface area contributed by atoms with Gasteiger partial charge >= 0.3 is 0 Å². The van der Waals surface area contributed by atoms with Crippen LogP contribution in [0.3, 0.4) is 0 Å². The Labute approximate surface area is 141 Å². The fourth-order valence-electron chi connectivity index (χ4n) is 3.13. The molecule has 4 nitrogen and oxygen atoms in total. The summed E-state index contributed by atoms with van der Waals surface area (Å²) in [6, 6.07) is 16.3. The Morgan fingerprint density at radius 2 is 2.12 bits per heavy atom. The highest BCUT2D eigenvalue weighted by Crippen LogP contribution is 2.38. The Morgan fingerprint density at radius 3 is 3.04 bits per heavy atom. The number of aromatic nitrogens is 1. The van der Waals surface area contributed by atoms with Crippen molar-refractivity contribution < 1.29 is 9.84 Å². The number of hydrogen-bond donors (Lipinski definition) is 2. The van der Waals surface area contributed by atoms with Gasteiger partial charge < -0.3 is 15.2 Å². The summed E-state index contributed by atoms with van der Waals surface area (Å²) in [6.45, 7) is 3.25. The lowest BCUT2D eigenvalue weighted by molar-refractivity contribution is 0.116. The van der Waals surface area contributed by atoms with Crippen molar-refractivity contribution in [2.45, 2.75) is 26.0 Å². The fourth-order valence-corrected chi connectivity index (χ4v) is 3.13. The molecule has 0 spiro atoms. The predicted molar refractivity (Wildman–Crippen MR) is 95.3 cm³/mol. The summed E-state index contributed by atoms with van der Waals surface area (Å²) in [5, 5.41) is 14.7. The van der Waals surface area contributed by atoms with Crippen LogP contribution in [0, 0.1) is 6.92 Å². The third kappa shape index (κ3) is 2.81. The fraction of sp³-hybridized carbons (Fsp3) is 0.250. The SMILES string of the molecule is Cc1ccc2cc(CNc3cccc4c3OCC[C@@H]4O)ccc2n1. The summed E-state index contributed by atoms with van der Waals surface area (Å²) in [5.41, 5.74) is 5.02. The average Bonchev–Trinajstić information content (AvgIpc) is 2.60. The van der Waals surface area contributed by atoms with Crippen molar-refractivity contribution in [3.8, 4) is 5.75 Å². The molecule has 0 fully saturated rings. The molecule has 0 amide bonds. The number of nitrogens with one attached hydrogen (secondary N) is 1. The van der Waals surface area contributed by atoms with Crippen LogP contribution in [0.15, 0.2) is 48.5 Å². The van der Waals surface area contributed by atoms with E-state index in [2.05, 4.69) is 34.6 Å². The molecule has 0 saturated carbocycles. The topological polar surface area (TPSA) is 54.4 Å². The molecular formula is C20H20N2O2. The summed E-state index contributed by atoms with van der Waals surface area (Å²) >= 11 is 0. The van der Waals surface area contributed by atoms with E-state index in [1.54, 1.807) is 0 Å². The van der Waals surface area contributed by atoms with Gasteiger partial charge in [0.1, 0.15) is 5.75 Å². The summed E-state index contributed by atoms with van der Waals surface area (Å²) in [5.74, 6) is 0.773. The van der Waals surface area contributed by atoms with E-state index >= 15 is 0 Å². The second-order valence-corrected chi connectivity index (χ2v) is 6.21. The van der Waals surface area contributed by atoms with Crippen LogP contribution in [0.2, 0.25) is 0 Å². The minimum Gasteiger partial charge on any atom is -0.491 e. The normalized spacial score (nSPS) is 16.5. The molecule has 1 aliphatic rings. The molecule has 1 atom stereocenters. The van der Waals surface area contributed by atoms with Crippen LogP contribution < -0.4 is 10.1 Å². The first-order valence-electron chi connectivity index (χ1n) is 8.24. The standard InChI is InChI=1S/C20H20N2O2/c1-13-5-7-15-11-14(6-8-17(15)22-13)12-21-18-4-2-3-16-19(23)9-10-24-20(16)18/h2-8,11,19,21,23H,9-10,12H2,1H3/t19-/m0/s1. The van der Waals surface area contributed by atoms with Crippen LogP contribution >= 0.6 is 0 Å². The lowest BCUT2D eigenvalue weighted by atomic mass is 10.0. The van der Waals surface area contributed by atoms with E-state index in [4.69, 9.17) is 4.74 Å². The number of anilines is 1. The van der Waals surface area contributed by atoms with E-state index in [9.17, 15) is 5.11 Å². The zero-order valence-electron chi connectivity index (χ0n) is 13.6. The van der Waals surface area contributed by atoms with E-state index in [1.165, 1.54) is 5.56 Å². The van der Waals surface area contributed by atoms with Crippen molar-refractivity contribution in [1.82, 2.24) is 4.98 Å². The van der Waals surface area contributed by atoms with Crippen molar-refractivity contribution in [3.63, 3.8) is 0 Å². The van der Waals surface area contributed by atoms with Gasteiger partial charge in [0, 0.05) is 29.6 Å². The van der Waals surface area contributed by atoms with Crippen LogP contribution in [0.1, 0.15) is 29.3 Å². The van der Waals surface area contributed by atoms with Crippen LogP contribution in [0.5, 0.6) is 5.75 Å². The third-order valence-corrected chi connectivity index (χ3v) is 4.42. The molecule has 2 heterocycles. The molecular weight excluding hydrogens is 300 g/mol. The van der Waals surface area contributed by atoms with Crippen molar-refractivity contribution in [2.24, 2.45) is 0 Å². The second-order valence-electron chi connectivity index (χ2n) is 6.21. The third-order valence-electron chi connectivity index (χ3n) is 4.42. The van der Waals surface area contributed by atoms with Crippen LogP contribution in [-0.4, -0.2) is 16.7 Å². The lowest BCUT2D eigenvalue weighted by Gasteiger charge is -2.24. The number of ether oxygens (including phenoxy) is 1. The Balaban J connectivity index is 1.57. The highest BCUT2D eigenvalue weighted by atomic mass is 16.5. The Bertz CT molecular complexity index is 892. The molecule has 2 N–H and O–H groups in total. The maximum absolute atomic E-state index is 10.1. The first-order chi connectivity index (χ1) is 11.7. The van der Waals surface area contributed by atoms with E-state index in [0.717, 1.165) is 33.6 Å². The van der Waals surface area contributed by atoms with E-state index in [-0.39, 0.29) is 0 Å². The summed E-state index contributed by atoms with van der Waals surface area (Å²) in [4.78, 5) is 4.53. The van der Waals surface area contributed by atoms with Crippen molar-refractivity contribution in [1.29, 1.82) is 0 Å². The minimum atomic E-state index is -0.439. The van der Waals surface area contributed by atoms with Gasteiger partial charge in [-0.2, -0.15) is 0 Å². The number of fused-ring (bicyclic) bond motifs is 2. The Hall–Kier alpha value is -2.59. The van der Waals surface area contributed by atoms with Gasteiger partial charge in [-0.05, 0) is 36.8 Å². The van der Waals surface area contributed by atoms with Crippen molar-refractivity contribution in [2.75, 3.05) is 11.9 Å². The molecule has 0 bridgehead atoms. The van der Waals surface area contributed by atoms with Gasteiger partial charge in [0.25, 0.3) is 0 Å². The van der Waals surface area contributed by atoms with Crippen LogP contribution in [-0.2, 0) is 6.54 Å². The quantitative estimate of drug-likeness (QED) is 0.766. The van der Waals surface area contributed by atoms with Gasteiger partial charge in [0.2, 0.25) is 0 Å². The Morgan fingerprint density at radius 1 is 1.21 bits per heavy atom. The highest BCUT2D eigenvalue weighted by Gasteiger charge is 2.21. The van der Waals surface area contributed by atoms with Gasteiger partial charge in [0.05, 0.1) is 23.9 Å². The maximum atomic E-state index is 10.1. The van der Waals surface area contributed by atoms with Crippen molar-refractivity contribution >= 4 is 16.6 Å². The largest absolute Gasteiger partial charge is 0.491 e. The molecule has 0 unspecified atom stereocenters. The number of aryl methyl sites for hydroxylation is 1. The van der Waals surface area contributed by atoms with Gasteiger partial charge in [-0.15, -0.1) is 0 Å². The molecule has 0 saturated heterocycles. The number of hydrogen-bond acceptors (Lipinski definition) is 4. The molecule has 4 heteroatoms. The number of aliphatic hydroxyl groups excluding tert-OH is 1.